The van der Waals surface area contributed by atoms with E-state index in [-0.39, 0.29) is 17.7 Å². The first-order valence-corrected chi connectivity index (χ1v) is 10.7. The van der Waals surface area contributed by atoms with Crippen LogP contribution in [0.1, 0.15) is 41.2 Å². The molecule has 1 atom stereocenters. The number of carbonyl (C=O) groups excluding carboxylic acids is 2. The first-order valence-electron chi connectivity index (χ1n) is 9.80. The summed E-state index contributed by atoms with van der Waals surface area (Å²) in [5.74, 6) is 0.253. The minimum atomic E-state index is 0.0480. The monoisotopic (exact) mass is 394 g/mol. The van der Waals surface area contributed by atoms with Gasteiger partial charge in [0.1, 0.15) is 5.69 Å². The molecule has 0 aliphatic carbocycles. The summed E-state index contributed by atoms with van der Waals surface area (Å²) in [5.41, 5.74) is 0.571. The second-order valence-corrected chi connectivity index (χ2v) is 8.46. The Morgan fingerprint density at radius 1 is 1.30 bits per heavy atom. The van der Waals surface area contributed by atoms with Gasteiger partial charge >= 0.3 is 0 Å². The second-order valence-electron chi connectivity index (χ2n) is 7.39. The fourth-order valence-electron chi connectivity index (χ4n) is 4.03. The van der Waals surface area contributed by atoms with Crippen molar-refractivity contribution in [1.29, 1.82) is 0 Å². The Balaban J connectivity index is 1.47. The number of ether oxygens (including phenoxy) is 1. The van der Waals surface area contributed by atoms with E-state index < -0.39 is 0 Å². The zero-order valence-electron chi connectivity index (χ0n) is 16.3. The van der Waals surface area contributed by atoms with Gasteiger partial charge in [0.25, 0.3) is 5.91 Å². The van der Waals surface area contributed by atoms with Crippen LogP contribution in [-0.4, -0.2) is 79.1 Å². The number of nitrogens with one attached hydrogen (secondary N) is 1. The van der Waals surface area contributed by atoms with Crippen LogP contribution in [0, 0.1) is 12.8 Å². The van der Waals surface area contributed by atoms with Crippen molar-refractivity contribution >= 4 is 23.2 Å². The molecule has 7 nitrogen and oxygen atoms in total. The van der Waals surface area contributed by atoms with Crippen molar-refractivity contribution in [2.45, 2.75) is 38.6 Å². The molecule has 8 heteroatoms. The highest BCUT2D eigenvalue weighted by molar-refractivity contribution is 7.09. The first-order chi connectivity index (χ1) is 13.1. The van der Waals surface area contributed by atoms with Crippen LogP contribution >= 0.6 is 11.3 Å². The normalized spacial score (nSPS) is 22.0. The number of rotatable bonds is 6. The van der Waals surface area contributed by atoms with Crippen LogP contribution < -0.4 is 5.32 Å². The van der Waals surface area contributed by atoms with E-state index >= 15 is 0 Å². The zero-order chi connectivity index (χ0) is 19.2. The maximum atomic E-state index is 12.6. The van der Waals surface area contributed by atoms with Gasteiger partial charge in [-0.2, -0.15) is 0 Å². The molecule has 2 fully saturated rings. The molecule has 1 aromatic rings. The van der Waals surface area contributed by atoms with Crippen LogP contribution in [0.2, 0.25) is 0 Å². The van der Waals surface area contributed by atoms with E-state index in [9.17, 15) is 9.59 Å². The van der Waals surface area contributed by atoms with Crippen LogP contribution in [0.5, 0.6) is 0 Å². The van der Waals surface area contributed by atoms with Gasteiger partial charge in [-0.1, -0.05) is 0 Å². The quantitative estimate of drug-likeness (QED) is 0.741. The molecular formula is C19H30N4O3S. The highest BCUT2D eigenvalue weighted by atomic mass is 32.1. The lowest BCUT2D eigenvalue weighted by Gasteiger charge is -2.41. The summed E-state index contributed by atoms with van der Waals surface area (Å²) in [6.07, 6.45) is 3.94. The molecule has 150 valence electrons. The van der Waals surface area contributed by atoms with Gasteiger partial charge in [-0.05, 0) is 39.2 Å². The van der Waals surface area contributed by atoms with Gasteiger partial charge < -0.3 is 15.0 Å². The number of piperidine rings is 2. The van der Waals surface area contributed by atoms with E-state index in [2.05, 4.69) is 15.2 Å². The minimum absolute atomic E-state index is 0.0480. The van der Waals surface area contributed by atoms with E-state index in [1.54, 1.807) is 7.11 Å². The Bertz CT molecular complexity index is 643. The summed E-state index contributed by atoms with van der Waals surface area (Å²) in [4.78, 5) is 33.6. The summed E-state index contributed by atoms with van der Waals surface area (Å²) >= 11 is 1.52. The lowest BCUT2D eigenvalue weighted by Crippen LogP contribution is -2.51. The summed E-state index contributed by atoms with van der Waals surface area (Å²) in [6.45, 7) is 6.44. The van der Waals surface area contributed by atoms with Gasteiger partial charge in [-0.25, -0.2) is 4.98 Å². The van der Waals surface area contributed by atoms with E-state index in [1.807, 2.05) is 17.2 Å². The van der Waals surface area contributed by atoms with Crippen molar-refractivity contribution in [3.8, 4) is 0 Å². The third kappa shape index (κ3) is 5.27. The topological polar surface area (TPSA) is 74.8 Å². The lowest BCUT2D eigenvalue weighted by molar-refractivity contribution is -0.127. The molecule has 2 aliphatic rings. The molecule has 27 heavy (non-hydrogen) atoms. The number of thiazole rings is 1. The number of hydrogen-bond acceptors (Lipinski definition) is 6. The van der Waals surface area contributed by atoms with Crippen LogP contribution in [0.25, 0.3) is 0 Å². The number of carbonyl (C=O) groups is 2. The molecular weight excluding hydrogens is 364 g/mol. The fraction of sp³-hybridized carbons (Fsp3) is 0.737. The van der Waals surface area contributed by atoms with E-state index in [0.717, 1.165) is 56.9 Å². The third-order valence-corrected chi connectivity index (χ3v) is 6.31. The second kappa shape index (κ2) is 9.61. The summed E-state index contributed by atoms with van der Waals surface area (Å²) in [6, 6.07) is 0.459. The smallest absolute Gasteiger partial charge is 0.273 e. The highest BCUT2D eigenvalue weighted by Gasteiger charge is 2.32. The van der Waals surface area contributed by atoms with E-state index in [0.29, 0.717) is 24.9 Å². The average Bonchev–Trinajstić information content (AvgIpc) is 3.14. The number of amides is 2. The molecule has 0 bridgehead atoms. The third-order valence-electron chi connectivity index (χ3n) is 5.54. The van der Waals surface area contributed by atoms with Crippen molar-refractivity contribution in [3.63, 3.8) is 0 Å². The van der Waals surface area contributed by atoms with Crippen molar-refractivity contribution in [2.75, 3.05) is 46.4 Å². The maximum absolute atomic E-state index is 12.6. The van der Waals surface area contributed by atoms with Gasteiger partial charge in [-0.15, -0.1) is 11.3 Å². The molecule has 1 N–H and O–H groups in total. The van der Waals surface area contributed by atoms with Crippen LogP contribution in [0.3, 0.4) is 0 Å². The van der Waals surface area contributed by atoms with Gasteiger partial charge in [0, 0.05) is 44.7 Å². The van der Waals surface area contributed by atoms with Gasteiger partial charge in [0.2, 0.25) is 5.91 Å². The number of hydrogen-bond donors (Lipinski definition) is 1. The fourth-order valence-corrected chi connectivity index (χ4v) is 4.62. The largest absolute Gasteiger partial charge is 0.383 e. The van der Waals surface area contributed by atoms with Gasteiger partial charge in [-0.3, -0.25) is 14.5 Å². The molecule has 3 heterocycles. The molecule has 0 aromatic carbocycles. The van der Waals surface area contributed by atoms with Crippen molar-refractivity contribution in [1.82, 2.24) is 20.1 Å². The molecule has 0 spiro atoms. The molecule has 0 saturated carbocycles. The van der Waals surface area contributed by atoms with Crippen molar-refractivity contribution < 1.29 is 14.3 Å². The van der Waals surface area contributed by atoms with E-state index in [4.69, 9.17) is 4.74 Å². The summed E-state index contributed by atoms with van der Waals surface area (Å²) < 4.78 is 5.00. The van der Waals surface area contributed by atoms with Crippen LogP contribution in [-0.2, 0) is 9.53 Å². The number of nitrogens with zero attached hydrogens (tertiary/aromatic N) is 3. The molecule has 0 unspecified atom stereocenters. The first kappa shape index (κ1) is 20.2. The number of aryl methyl sites for hydroxylation is 1. The molecule has 1 aromatic heterocycles. The molecule has 3 rings (SSSR count). The maximum Gasteiger partial charge on any atom is 0.273 e. The average molecular weight is 395 g/mol. The standard InChI is InChI=1S/C19H30N4O3S/c1-14-21-17(13-27-14)19(25)22-9-5-16(6-10-22)23-8-3-4-15(12-23)18(24)20-7-11-26-2/h13,15-16H,3-12H2,1-2H3,(H,20,24)/t15-/m0/s1. The van der Waals surface area contributed by atoms with Gasteiger partial charge in [0.15, 0.2) is 0 Å². The Morgan fingerprint density at radius 3 is 2.74 bits per heavy atom. The van der Waals surface area contributed by atoms with E-state index in [1.165, 1.54) is 11.3 Å². The predicted molar refractivity (Wildman–Crippen MR) is 105 cm³/mol. The molecule has 0 radical (unpaired) electrons. The highest BCUT2D eigenvalue weighted by Crippen LogP contribution is 2.25. The van der Waals surface area contributed by atoms with Crippen molar-refractivity contribution in [3.05, 3.63) is 16.1 Å². The van der Waals surface area contributed by atoms with Crippen LogP contribution in [0.4, 0.5) is 0 Å². The SMILES string of the molecule is COCCNC(=O)[C@H]1CCCN(C2CCN(C(=O)c3csc(C)n3)CC2)C1. The Morgan fingerprint density at radius 2 is 2.07 bits per heavy atom. The molecule has 2 amide bonds. The number of aromatic nitrogens is 1. The van der Waals surface area contributed by atoms with Crippen molar-refractivity contribution in [2.24, 2.45) is 5.92 Å². The summed E-state index contributed by atoms with van der Waals surface area (Å²) in [5, 5.41) is 5.75. The minimum Gasteiger partial charge on any atom is -0.383 e. The zero-order valence-corrected chi connectivity index (χ0v) is 17.1. The molecule has 2 saturated heterocycles. The Hall–Kier alpha value is -1.51. The number of likely N-dealkylation sites (tertiary alicyclic amines) is 2. The lowest BCUT2D eigenvalue weighted by atomic mass is 9.93. The number of methoxy groups -OCH3 is 1. The predicted octanol–water partition coefficient (Wildman–Crippen LogP) is 1.53. The Kier molecular flexibility index (Phi) is 7.20. The van der Waals surface area contributed by atoms with Gasteiger partial charge in [0.05, 0.1) is 17.5 Å². The molecule has 2 aliphatic heterocycles. The summed E-state index contributed by atoms with van der Waals surface area (Å²) in [7, 11) is 1.64. The van der Waals surface area contributed by atoms with Crippen LogP contribution in [0.15, 0.2) is 5.38 Å². The Labute approximate surface area is 165 Å².